The Morgan fingerprint density at radius 2 is 0.810 bits per heavy atom. The van der Waals surface area contributed by atoms with Gasteiger partial charge in [0, 0.05) is 19.3 Å². The van der Waals surface area contributed by atoms with Crippen LogP contribution in [0.4, 0.5) is 0 Å². The van der Waals surface area contributed by atoms with Gasteiger partial charge >= 0.3 is 23.9 Å². The molecule has 79 heavy (non-hydrogen) atoms. The molecular formula is C67H112O12. The summed E-state index contributed by atoms with van der Waals surface area (Å²) in [7, 11) is 0. The molecule has 12 nitrogen and oxygen atoms in total. The highest BCUT2D eigenvalue weighted by atomic mass is 16.7. The van der Waals surface area contributed by atoms with Crippen LogP contribution in [-0.4, -0.2) is 89.2 Å². The van der Waals surface area contributed by atoms with E-state index in [0.717, 1.165) is 103 Å². The van der Waals surface area contributed by atoms with Crippen molar-refractivity contribution >= 4 is 23.9 Å². The predicted molar refractivity (Wildman–Crippen MR) is 321 cm³/mol. The highest BCUT2D eigenvalue weighted by Crippen LogP contribution is 2.26. The van der Waals surface area contributed by atoms with E-state index in [-0.39, 0.29) is 25.9 Å². The molecule has 1 fully saturated rings. The first-order valence-electron chi connectivity index (χ1n) is 31.6. The van der Waals surface area contributed by atoms with Gasteiger partial charge in [0.1, 0.15) is 18.8 Å². The maximum Gasteiger partial charge on any atom is 0.335 e. The van der Waals surface area contributed by atoms with E-state index >= 15 is 0 Å². The van der Waals surface area contributed by atoms with E-state index in [4.69, 9.17) is 23.7 Å². The Morgan fingerprint density at radius 3 is 1.27 bits per heavy atom. The van der Waals surface area contributed by atoms with Crippen LogP contribution in [0.2, 0.25) is 0 Å². The van der Waals surface area contributed by atoms with Gasteiger partial charge in [0.15, 0.2) is 24.6 Å². The number of rotatable bonds is 53. The number of aliphatic hydroxyl groups is 2. The number of hydrogen-bond donors (Lipinski definition) is 3. The largest absolute Gasteiger partial charge is 0.479 e. The zero-order chi connectivity index (χ0) is 57.5. The Kier molecular flexibility index (Phi) is 50.3. The molecule has 0 aromatic rings. The fourth-order valence-electron chi connectivity index (χ4n) is 9.10. The second-order valence-corrected chi connectivity index (χ2v) is 21.3. The first-order chi connectivity index (χ1) is 38.6. The maximum atomic E-state index is 13.2. The van der Waals surface area contributed by atoms with Gasteiger partial charge in [0.05, 0.1) is 6.61 Å². The molecule has 6 atom stereocenters. The molecule has 0 amide bonds. The molecular weight excluding hydrogens is 997 g/mol. The molecule has 1 rings (SSSR count). The van der Waals surface area contributed by atoms with E-state index in [1.807, 2.05) is 6.08 Å². The van der Waals surface area contributed by atoms with Gasteiger partial charge in [0.25, 0.3) is 0 Å². The fraction of sp³-hybridized carbons (Fsp3) is 0.731. The third kappa shape index (κ3) is 44.3. The third-order valence-electron chi connectivity index (χ3n) is 13.9. The molecule has 3 N–H and O–H groups in total. The minimum atomic E-state index is -1.92. The van der Waals surface area contributed by atoms with Crippen molar-refractivity contribution in [3.8, 4) is 0 Å². The van der Waals surface area contributed by atoms with Gasteiger partial charge in [-0.15, -0.1) is 0 Å². The fourth-order valence-corrected chi connectivity index (χ4v) is 9.10. The Labute approximate surface area is 480 Å². The first kappa shape index (κ1) is 72.9. The quantitative estimate of drug-likeness (QED) is 0.0228. The number of carbonyl (C=O) groups is 4. The van der Waals surface area contributed by atoms with Crippen molar-refractivity contribution in [3.63, 3.8) is 0 Å². The molecule has 12 heteroatoms. The molecule has 0 aromatic heterocycles. The van der Waals surface area contributed by atoms with Crippen molar-refractivity contribution in [2.24, 2.45) is 0 Å². The Morgan fingerprint density at radius 1 is 0.430 bits per heavy atom. The highest BCUT2D eigenvalue weighted by molar-refractivity contribution is 5.74. The lowest BCUT2D eigenvalue weighted by Crippen LogP contribution is -2.61. The van der Waals surface area contributed by atoms with Crippen LogP contribution in [0.3, 0.4) is 0 Å². The van der Waals surface area contributed by atoms with E-state index in [0.29, 0.717) is 25.7 Å². The summed E-state index contributed by atoms with van der Waals surface area (Å²) in [6.45, 7) is 5.83. The number of carboxylic acid groups (broad SMARTS) is 1. The van der Waals surface area contributed by atoms with Crippen LogP contribution in [0, 0.1) is 0 Å². The number of carbonyl (C=O) groups excluding carboxylic acids is 3. The average molecular weight is 1110 g/mol. The molecule has 1 heterocycles. The lowest BCUT2D eigenvalue weighted by molar-refractivity contribution is -0.301. The molecule has 1 aliphatic heterocycles. The summed E-state index contributed by atoms with van der Waals surface area (Å²) in [6, 6.07) is 0. The molecule has 0 aromatic carbocycles. The summed E-state index contributed by atoms with van der Waals surface area (Å²) in [6.07, 6.45) is 58.3. The van der Waals surface area contributed by atoms with Gasteiger partial charge in [0.2, 0.25) is 0 Å². The Balaban J connectivity index is 2.72. The van der Waals surface area contributed by atoms with E-state index in [1.54, 1.807) is 0 Å². The molecule has 0 saturated carbocycles. The van der Waals surface area contributed by atoms with Gasteiger partial charge < -0.3 is 39.0 Å². The highest BCUT2D eigenvalue weighted by Gasteiger charge is 2.50. The van der Waals surface area contributed by atoms with E-state index in [1.165, 1.54) is 96.3 Å². The summed E-state index contributed by atoms with van der Waals surface area (Å²) < 4.78 is 28.4. The predicted octanol–water partition coefficient (Wildman–Crippen LogP) is 16.7. The van der Waals surface area contributed by atoms with Crippen LogP contribution in [0.5, 0.6) is 0 Å². The van der Waals surface area contributed by atoms with Crippen LogP contribution in [-0.2, 0) is 42.9 Å². The second-order valence-electron chi connectivity index (χ2n) is 21.3. The van der Waals surface area contributed by atoms with Crippen LogP contribution < -0.4 is 0 Å². The van der Waals surface area contributed by atoms with Gasteiger partial charge in [-0.25, -0.2) is 4.79 Å². The molecule has 6 unspecified atom stereocenters. The molecule has 0 radical (unpaired) electrons. The summed E-state index contributed by atoms with van der Waals surface area (Å²) in [5.74, 6) is -3.21. The number of unbranched alkanes of at least 4 members (excludes halogenated alkanes) is 25. The number of aliphatic hydroxyl groups excluding tert-OH is 2. The van der Waals surface area contributed by atoms with Gasteiger partial charge in [-0.3, -0.25) is 14.4 Å². The Hall–Kier alpha value is -4.10. The zero-order valence-electron chi connectivity index (χ0n) is 49.8. The topological polar surface area (TPSA) is 175 Å². The average Bonchev–Trinajstić information content (AvgIpc) is 3.46. The molecule has 1 aliphatic rings. The van der Waals surface area contributed by atoms with Crippen molar-refractivity contribution in [3.05, 3.63) is 85.1 Å². The lowest BCUT2D eigenvalue weighted by Gasteiger charge is -2.40. The van der Waals surface area contributed by atoms with Gasteiger partial charge in [-0.05, 0) is 109 Å². The van der Waals surface area contributed by atoms with Crippen LogP contribution in [0.25, 0.3) is 0 Å². The summed E-state index contributed by atoms with van der Waals surface area (Å²) in [5.41, 5.74) is 0. The smallest absolute Gasteiger partial charge is 0.335 e. The number of allylic oxidation sites excluding steroid dienone is 14. The minimum absolute atomic E-state index is 0.0425. The lowest BCUT2D eigenvalue weighted by atomic mass is 9.98. The standard InChI is InChI=1S/C67H112O12/c1-4-7-10-13-16-19-22-25-28-30-33-35-38-41-44-47-50-53-59(68)75-56-58(77-60(69)54-51-48-45-42-39-37-34-31-29-26-23-20-17-14-11-8-5-2)57-76-67-65(63(72)62(71)64(79-67)66(73)74)78-61(70)55-52-49-46-43-40-36-32-27-24-21-18-15-12-9-6-3/h7,10,16,19,25-29,32-33,35,41,44,58,62-65,67,71-72H,4-6,8-9,11-15,17-18,20-24,30-31,34,36-40,42-43,45-57H2,1-3H3,(H,73,74)/b10-7-,19-16-,28-25-,29-26-,32-27-,35-33-,44-41-. The third-order valence-corrected chi connectivity index (χ3v) is 13.9. The SMILES string of the molecule is CC/C=C\C/C=C\C/C=C\C/C=C\C/C=C\CCCC(=O)OCC(COC1OC(C(=O)O)C(O)C(O)C1OC(=O)CCCCCCC/C=C\CCCCCCCC)OC(=O)CCCCCCCCC/C=C\CCCCCCCC. The summed E-state index contributed by atoms with van der Waals surface area (Å²) in [4.78, 5) is 51.2. The van der Waals surface area contributed by atoms with Crippen molar-refractivity contribution in [1.29, 1.82) is 0 Å². The van der Waals surface area contributed by atoms with Gasteiger partial charge in [-0.2, -0.15) is 0 Å². The van der Waals surface area contributed by atoms with Crippen molar-refractivity contribution < 1.29 is 58.2 Å². The summed E-state index contributed by atoms with van der Waals surface area (Å²) in [5, 5.41) is 31.5. The first-order valence-corrected chi connectivity index (χ1v) is 31.6. The van der Waals surface area contributed by atoms with Crippen molar-refractivity contribution in [1.82, 2.24) is 0 Å². The minimum Gasteiger partial charge on any atom is -0.479 e. The van der Waals surface area contributed by atoms with Crippen LogP contribution in [0.15, 0.2) is 85.1 Å². The summed E-state index contributed by atoms with van der Waals surface area (Å²) >= 11 is 0. The second kappa shape index (κ2) is 54.5. The molecule has 0 spiro atoms. The van der Waals surface area contributed by atoms with E-state index in [2.05, 4.69) is 99.8 Å². The molecule has 0 bridgehead atoms. The maximum absolute atomic E-state index is 13.2. The van der Waals surface area contributed by atoms with Crippen LogP contribution >= 0.6 is 0 Å². The number of aliphatic carboxylic acids is 1. The van der Waals surface area contributed by atoms with Gasteiger partial charge in [-0.1, -0.05) is 221 Å². The monoisotopic (exact) mass is 1110 g/mol. The van der Waals surface area contributed by atoms with Crippen molar-refractivity contribution in [2.75, 3.05) is 13.2 Å². The van der Waals surface area contributed by atoms with Crippen molar-refractivity contribution in [2.45, 2.75) is 302 Å². The molecule has 0 aliphatic carbocycles. The van der Waals surface area contributed by atoms with Crippen LogP contribution in [0.1, 0.15) is 265 Å². The Bertz CT molecular complexity index is 1700. The number of hydrogen-bond acceptors (Lipinski definition) is 11. The van der Waals surface area contributed by atoms with E-state index in [9.17, 15) is 34.5 Å². The number of carboxylic acids is 1. The zero-order valence-corrected chi connectivity index (χ0v) is 49.8. The number of esters is 3. The number of ether oxygens (including phenoxy) is 5. The molecule has 452 valence electrons. The van der Waals surface area contributed by atoms with E-state index < -0.39 is 67.3 Å². The normalized spacial score (nSPS) is 18.4. The molecule has 1 saturated heterocycles.